The molecular formula is C12H25N. The van der Waals surface area contributed by atoms with Crippen LogP contribution < -0.4 is 5.32 Å². The summed E-state index contributed by atoms with van der Waals surface area (Å²) < 4.78 is 0. The summed E-state index contributed by atoms with van der Waals surface area (Å²) in [6.45, 7) is 9.67. The lowest BCUT2D eigenvalue weighted by atomic mass is 9.77. The lowest BCUT2D eigenvalue weighted by Gasteiger charge is -2.35. The molecule has 13 heavy (non-hydrogen) atoms. The molecule has 0 aromatic heterocycles. The smallest absolute Gasteiger partial charge is 0.000805 e. The summed E-state index contributed by atoms with van der Waals surface area (Å²) >= 11 is 0. The van der Waals surface area contributed by atoms with Gasteiger partial charge < -0.3 is 5.32 Å². The van der Waals surface area contributed by atoms with Crippen LogP contribution in [-0.2, 0) is 0 Å². The predicted molar refractivity (Wildman–Crippen MR) is 58.9 cm³/mol. The van der Waals surface area contributed by atoms with Gasteiger partial charge in [0.15, 0.2) is 0 Å². The summed E-state index contributed by atoms with van der Waals surface area (Å²) in [6, 6.07) is 0. The van der Waals surface area contributed by atoms with E-state index in [1.54, 1.807) is 0 Å². The molecule has 78 valence electrons. The fourth-order valence-corrected chi connectivity index (χ4v) is 2.23. The van der Waals surface area contributed by atoms with Gasteiger partial charge in [0, 0.05) is 0 Å². The van der Waals surface area contributed by atoms with Crippen LogP contribution in [0, 0.1) is 11.3 Å². The van der Waals surface area contributed by atoms with Crippen LogP contribution in [0.5, 0.6) is 0 Å². The van der Waals surface area contributed by atoms with Crippen molar-refractivity contribution < 1.29 is 0 Å². The van der Waals surface area contributed by atoms with Crippen molar-refractivity contribution in [1.29, 1.82) is 0 Å². The molecule has 0 radical (unpaired) electrons. The maximum Gasteiger partial charge on any atom is -0.000805 e. The van der Waals surface area contributed by atoms with Crippen molar-refractivity contribution in [1.82, 2.24) is 5.32 Å². The zero-order chi connectivity index (χ0) is 9.73. The average molecular weight is 183 g/mol. The van der Waals surface area contributed by atoms with Crippen LogP contribution in [0.25, 0.3) is 0 Å². The van der Waals surface area contributed by atoms with E-state index >= 15 is 0 Å². The highest BCUT2D eigenvalue weighted by molar-refractivity contribution is 4.81. The quantitative estimate of drug-likeness (QED) is 0.624. The van der Waals surface area contributed by atoms with Gasteiger partial charge in [-0.15, -0.1) is 0 Å². The van der Waals surface area contributed by atoms with Gasteiger partial charge in [-0.25, -0.2) is 0 Å². The summed E-state index contributed by atoms with van der Waals surface area (Å²) in [7, 11) is 0. The van der Waals surface area contributed by atoms with Crippen LogP contribution in [0.3, 0.4) is 0 Å². The third kappa shape index (κ3) is 4.12. The van der Waals surface area contributed by atoms with E-state index in [4.69, 9.17) is 0 Å². The van der Waals surface area contributed by atoms with E-state index in [1.807, 2.05) is 0 Å². The predicted octanol–water partition coefficient (Wildman–Crippen LogP) is 3.20. The van der Waals surface area contributed by atoms with Gasteiger partial charge >= 0.3 is 0 Å². The van der Waals surface area contributed by atoms with Crippen LogP contribution in [0.1, 0.15) is 52.9 Å². The topological polar surface area (TPSA) is 12.0 Å². The maximum atomic E-state index is 3.35. The Morgan fingerprint density at radius 3 is 2.38 bits per heavy atom. The first-order valence-corrected chi connectivity index (χ1v) is 5.85. The first kappa shape index (κ1) is 11.0. The first-order valence-electron chi connectivity index (χ1n) is 5.85. The Morgan fingerprint density at radius 1 is 1.23 bits per heavy atom. The zero-order valence-corrected chi connectivity index (χ0v) is 9.53. The second kappa shape index (κ2) is 4.99. The van der Waals surface area contributed by atoms with Gasteiger partial charge in [0.1, 0.15) is 0 Å². The molecule has 1 nitrogen and oxygen atoms in total. The molecule has 0 aliphatic carbocycles. The summed E-state index contributed by atoms with van der Waals surface area (Å²) in [4.78, 5) is 0. The SMILES string of the molecule is CCCCCC(C)(C)CC1CNC1. The number of hydrogen-bond donors (Lipinski definition) is 1. The van der Waals surface area contributed by atoms with E-state index in [0.29, 0.717) is 5.41 Å². The number of rotatable bonds is 6. The Labute approximate surface area is 83.3 Å². The Hall–Kier alpha value is -0.0400. The van der Waals surface area contributed by atoms with Crippen LogP contribution in [0.4, 0.5) is 0 Å². The van der Waals surface area contributed by atoms with Crippen LogP contribution in [-0.4, -0.2) is 13.1 Å². The van der Waals surface area contributed by atoms with E-state index in [-0.39, 0.29) is 0 Å². The van der Waals surface area contributed by atoms with E-state index < -0.39 is 0 Å². The van der Waals surface area contributed by atoms with Crippen LogP contribution in [0.15, 0.2) is 0 Å². The minimum Gasteiger partial charge on any atom is -0.316 e. The van der Waals surface area contributed by atoms with Gasteiger partial charge in [-0.2, -0.15) is 0 Å². The second-order valence-electron chi connectivity index (χ2n) is 5.35. The van der Waals surface area contributed by atoms with Crippen molar-refractivity contribution in [2.75, 3.05) is 13.1 Å². The molecule has 0 spiro atoms. The third-order valence-electron chi connectivity index (χ3n) is 3.16. The van der Waals surface area contributed by atoms with Crippen molar-refractivity contribution in [3.8, 4) is 0 Å². The van der Waals surface area contributed by atoms with Gasteiger partial charge in [-0.05, 0) is 37.3 Å². The molecule has 1 aliphatic rings. The number of nitrogens with one attached hydrogen (secondary N) is 1. The molecule has 0 aromatic rings. The minimum atomic E-state index is 0.585. The summed E-state index contributed by atoms with van der Waals surface area (Å²) in [6.07, 6.45) is 7.01. The van der Waals surface area contributed by atoms with E-state index in [1.165, 1.54) is 45.2 Å². The summed E-state index contributed by atoms with van der Waals surface area (Å²) in [5.41, 5.74) is 0.585. The largest absolute Gasteiger partial charge is 0.316 e. The van der Waals surface area contributed by atoms with E-state index in [9.17, 15) is 0 Å². The third-order valence-corrected chi connectivity index (χ3v) is 3.16. The number of hydrogen-bond acceptors (Lipinski definition) is 1. The molecule has 0 bridgehead atoms. The van der Waals surface area contributed by atoms with Gasteiger partial charge in [0.05, 0.1) is 0 Å². The Balaban J connectivity index is 2.11. The highest BCUT2D eigenvalue weighted by Gasteiger charge is 2.26. The summed E-state index contributed by atoms with van der Waals surface area (Å²) in [5.74, 6) is 0.969. The van der Waals surface area contributed by atoms with Crippen LogP contribution in [0.2, 0.25) is 0 Å². The molecule has 0 saturated carbocycles. The molecule has 1 N–H and O–H groups in total. The molecule has 0 atom stereocenters. The molecule has 1 fully saturated rings. The van der Waals surface area contributed by atoms with Gasteiger partial charge in [-0.1, -0.05) is 40.0 Å². The normalized spacial score (nSPS) is 18.7. The molecule has 1 rings (SSSR count). The molecule has 1 aliphatic heterocycles. The highest BCUT2D eigenvalue weighted by atomic mass is 14.9. The van der Waals surface area contributed by atoms with Crippen molar-refractivity contribution in [3.63, 3.8) is 0 Å². The monoisotopic (exact) mass is 183 g/mol. The van der Waals surface area contributed by atoms with Crippen molar-refractivity contribution in [3.05, 3.63) is 0 Å². The first-order chi connectivity index (χ1) is 6.14. The fourth-order valence-electron chi connectivity index (χ4n) is 2.23. The second-order valence-corrected chi connectivity index (χ2v) is 5.35. The highest BCUT2D eigenvalue weighted by Crippen LogP contribution is 2.32. The Morgan fingerprint density at radius 2 is 1.92 bits per heavy atom. The number of unbranched alkanes of at least 4 members (excludes halogenated alkanes) is 2. The minimum absolute atomic E-state index is 0.585. The van der Waals surface area contributed by atoms with Gasteiger partial charge in [0.25, 0.3) is 0 Å². The molecular weight excluding hydrogens is 158 g/mol. The zero-order valence-electron chi connectivity index (χ0n) is 9.53. The fraction of sp³-hybridized carbons (Fsp3) is 1.00. The maximum absolute atomic E-state index is 3.35. The molecule has 0 amide bonds. The molecule has 1 heterocycles. The lowest BCUT2D eigenvalue weighted by Crippen LogP contribution is -2.44. The van der Waals surface area contributed by atoms with Crippen LogP contribution >= 0.6 is 0 Å². The average Bonchev–Trinajstić information content (AvgIpc) is 1.98. The van der Waals surface area contributed by atoms with Gasteiger partial charge in [0.2, 0.25) is 0 Å². The molecule has 0 unspecified atom stereocenters. The van der Waals surface area contributed by atoms with Crippen molar-refractivity contribution in [2.45, 2.75) is 52.9 Å². The molecule has 1 saturated heterocycles. The van der Waals surface area contributed by atoms with E-state index in [0.717, 1.165) is 5.92 Å². The summed E-state index contributed by atoms with van der Waals surface area (Å²) in [5, 5.41) is 3.35. The van der Waals surface area contributed by atoms with Crippen molar-refractivity contribution >= 4 is 0 Å². The Bertz CT molecular complexity index is 136. The lowest BCUT2D eigenvalue weighted by molar-refractivity contribution is 0.195. The van der Waals surface area contributed by atoms with Gasteiger partial charge in [-0.3, -0.25) is 0 Å². The standard InChI is InChI=1S/C12H25N/c1-4-5-6-7-12(2,3)8-11-9-13-10-11/h11,13H,4-10H2,1-3H3. The Kier molecular flexibility index (Phi) is 4.24. The van der Waals surface area contributed by atoms with Crippen molar-refractivity contribution in [2.24, 2.45) is 11.3 Å². The van der Waals surface area contributed by atoms with E-state index in [2.05, 4.69) is 26.1 Å². The molecule has 1 heteroatoms. The molecule has 0 aromatic carbocycles.